The average Bonchev–Trinajstić information content (AvgIpc) is 2.21. The van der Waals surface area contributed by atoms with Gasteiger partial charge in [0.2, 0.25) is 0 Å². The van der Waals surface area contributed by atoms with Crippen molar-refractivity contribution >= 4 is 21.6 Å². The van der Waals surface area contributed by atoms with Gasteiger partial charge in [0.05, 0.1) is 24.7 Å². The summed E-state index contributed by atoms with van der Waals surface area (Å²) in [6.45, 7) is 2.77. The number of hydrogen-bond acceptors (Lipinski definition) is 6. The molecule has 1 fully saturated rings. The molecule has 6 nitrogen and oxygen atoms in total. The molecule has 0 bridgehead atoms. The van der Waals surface area contributed by atoms with E-state index in [0.29, 0.717) is 13.1 Å². The van der Waals surface area contributed by atoms with Gasteiger partial charge in [-0.1, -0.05) is 0 Å². The molecule has 0 N–H and O–H groups in total. The number of nitrogens with zero attached hydrogens (tertiary/aromatic N) is 1. The van der Waals surface area contributed by atoms with E-state index in [9.17, 15) is 18.0 Å². The molecule has 1 aliphatic rings. The quantitative estimate of drug-likeness (QED) is 0.479. The van der Waals surface area contributed by atoms with Gasteiger partial charge in [-0.05, 0) is 6.92 Å². The van der Waals surface area contributed by atoms with Crippen molar-refractivity contribution in [2.75, 3.05) is 37.7 Å². The average molecular weight is 263 g/mol. The predicted octanol–water partition coefficient (Wildman–Crippen LogP) is -0.761. The number of esters is 1. The fraction of sp³-hybridized carbons (Fsp3) is 0.800. The van der Waals surface area contributed by atoms with Gasteiger partial charge in [-0.15, -0.1) is 0 Å². The molecule has 0 amide bonds. The maximum absolute atomic E-state index is 11.5. The molecule has 0 aromatic carbocycles. The minimum atomic E-state index is -2.93. The Balaban J connectivity index is 2.31. The van der Waals surface area contributed by atoms with Crippen LogP contribution in [0.5, 0.6) is 0 Å². The summed E-state index contributed by atoms with van der Waals surface area (Å²) in [6, 6.07) is 0. The van der Waals surface area contributed by atoms with E-state index in [0.717, 1.165) is 0 Å². The van der Waals surface area contributed by atoms with Crippen LogP contribution in [0.1, 0.15) is 13.3 Å². The molecule has 1 rings (SSSR count). The van der Waals surface area contributed by atoms with Crippen LogP contribution in [0.25, 0.3) is 0 Å². The molecular weight excluding hydrogens is 246 g/mol. The Labute approximate surface area is 101 Å². The molecule has 7 heteroatoms. The molecule has 0 atom stereocenters. The van der Waals surface area contributed by atoms with Crippen LogP contribution in [-0.4, -0.2) is 62.8 Å². The number of sulfone groups is 1. The van der Waals surface area contributed by atoms with E-state index in [1.807, 2.05) is 0 Å². The third-order valence-electron chi connectivity index (χ3n) is 2.48. The fourth-order valence-electron chi connectivity index (χ4n) is 1.59. The summed E-state index contributed by atoms with van der Waals surface area (Å²) < 4.78 is 27.0. The van der Waals surface area contributed by atoms with Crippen molar-refractivity contribution in [3.05, 3.63) is 0 Å². The molecule has 0 radical (unpaired) electrons. The normalized spacial score (nSPS) is 19.8. The highest BCUT2D eigenvalue weighted by molar-refractivity contribution is 7.91. The maximum Gasteiger partial charge on any atom is 0.313 e. The first-order chi connectivity index (χ1) is 7.93. The van der Waals surface area contributed by atoms with Crippen LogP contribution >= 0.6 is 0 Å². The summed E-state index contributed by atoms with van der Waals surface area (Å²) in [5, 5.41) is 0. The lowest BCUT2D eigenvalue weighted by Gasteiger charge is -2.25. The highest BCUT2D eigenvalue weighted by atomic mass is 32.2. The van der Waals surface area contributed by atoms with Crippen molar-refractivity contribution in [2.24, 2.45) is 0 Å². The van der Waals surface area contributed by atoms with Crippen molar-refractivity contribution in [3.8, 4) is 0 Å². The summed E-state index contributed by atoms with van der Waals surface area (Å²) in [7, 11) is -2.93. The van der Waals surface area contributed by atoms with Crippen LogP contribution in [0.4, 0.5) is 0 Å². The first-order valence-corrected chi connectivity index (χ1v) is 7.35. The summed E-state index contributed by atoms with van der Waals surface area (Å²) in [4.78, 5) is 24.3. The highest BCUT2D eigenvalue weighted by Gasteiger charge is 2.23. The Hall–Kier alpha value is -0.950. The van der Waals surface area contributed by atoms with Gasteiger partial charge >= 0.3 is 5.97 Å². The van der Waals surface area contributed by atoms with Gasteiger partial charge in [-0.25, -0.2) is 8.42 Å². The standard InChI is InChI=1S/C10H17NO5S/c1-2-16-10(13)7-9(12)8-11-3-5-17(14,15)6-4-11/h2-8H2,1H3. The largest absolute Gasteiger partial charge is 0.466 e. The van der Waals surface area contributed by atoms with Gasteiger partial charge in [0.25, 0.3) is 0 Å². The number of carbonyl (C=O) groups is 2. The number of ketones is 1. The molecular formula is C10H17NO5S. The lowest BCUT2D eigenvalue weighted by molar-refractivity contribution is -0.145. The fourth-order valence-corrected chi connectivity index (χ4v) is 2.86. The monoisotopic (exact) mass is 263 g/mol. The van der Waals surface area contributed by atoms with E-state index < -0.39 is 15.8 Å². The van der Waals surface area contributed by atoms with E-state index in [-0.39, 0.29) is 36.9 Å². The third-order valence-corrected chi connectivity index (χ3v) is 4.09. The maximum atomic E-state index is 11.5. The van der Waals surface area contributed by atoms with E-state index >= 15 is 0 Å². The third kappa shape index (κ3) is 5.27. The summed E-state index contributed by atoms with van der Waals surface area (Å²) in [6.07, 6.45) is -0.239. The zero-order valence-electron chi connectivity index (χ0n) is 9.85. The first-order valence-electron chi connectivity index (χ1n) is 5.53. The topological polar surface area (TPSA) is 80.8 Å². The molecule has 17 heavy (non-hydrogen) atoms. The van der Waals surface area contributed by atoms with Gasteiger partial charge in [0.1, 0.15) is 6.42 Å². The van der Waals surface area contributed by atoms with Crippen LogP contribution < -0.4 is 0 Å². The van der Waals surface area contributed by atoms with Crippen LogP contribution in [0.3, 0.4) is 0 Å². The van der Waals surface area contributed by atoms with Crippen LogP contribution in [0.15, 0.2) is 0 Å². The number of hydrogen-bond donors (Lipinski definition) is 0. The minimum absolute atomic E-state index is 0.0830. The molecule has 1 aliphatic heterocycles. The Kier molecular flexibility index (Phi) is 5.07. The van der Waals surface area contributed by atoms with Crippen LogP contribution in [0, 0.1) is 0 Å². The molecule has 1 heterocycles. The first kappa shape index (κ1) is 14.1. The van der Waals surface area contributed by atoms with Crippen molar-refractivity contribution in [1.29, 1.82) is 0 Å². The predicted molar refractivity (Wildman–Crippen MR) is 61.4 cm³/mol. The molecule has 0 aromatic rings. The SMILES string of the molecule is CCOC(=O)CC(=O)CN1CCS(=O)(=O)CC1. The van der Waals surface area contributed by atoms with E-state index in [1.165, 1.54) is 0 Å². The second-order valence-corrected chi connectivity index (χ2v) is 6.25. The van der Waals surface area contributed by atoms with E-state index in [2.05, 4.69) is 4.74 Å². The van der Waals surface area contributed by atoms with Crippen LogP contribution in [0.2, 0.25) is 0 Å². The van der Waals surface area contributed by atoms with Crippen molar-refractivity contribution < 1.29 is 22.7 Å². The lowest BCUT2D eigenvalue weighted by Crippen LogP contribution is -2.43. The molecule has 0 saturated carbocycles. The minimum Gasteiger partial charge on any atom is -0.466 e. The van der Waals surface area contributed by atoms with Crippen molar-refractivity contribution in [1.82, 2.24) is 4.90 Å². The highest BCUT2D eigenvalue weighted by Crippen LogP contribution is 2.04. The number of rotatable bonds is 5. The summed E-state index contributed by atoms with van der Waals surface area (Å²) in [5.41, 5.74) is 0. The van der Waals surface area contributed by atoms with Crippen molar-refractivity contribution in [3.63, 3.8) is 0 Å². The van der Waals surface area contributed by atoms with Crippen LogP contribution in [-0.2, 0) is 24.2 Å². The Morgan fingerprint density at radius 3 is 2.35 bits per heavy atom. The zero-order chi connectivity index (χ0) is 12.9. The Morgan fingerprint density at radius 1 is 1.24 bits per heavy atom. The van der Waals surface area contributed by atoms with E-state index in [4.69, 9.17) is 0 Å². The molecule has 1 saturated heterocycles. The van der Waals surface area contributed by atoms with Gasteiger partial charge in [0.15, 0.2) is 15.6 Å². The second kappa shape index (κ2) is 6.11. The molecule has 0 unspecified atom stereocenters. The van der Waals surface area contributed by atoms with Gasteiger partial charge in [-0.3, -0.25) is 14.5 Å². The van der Waals surface area contributed by atoms with Gasteiger partial charge in [-0.2, -0.15) is 0 Å². The lowest BCUT2D eigenvalue weighted by atomic mass is 10.2. The van der Waals surface area contributed by atoms with Crippen molar-refractivity contribution in [2.45, 2.75) is 13.3 Å². The molecule has 0 aromatic heterocycles. The number of ether oxygens (including phenoxy) is 1. The number of Topliss-reactive ketones (excluding diaryl/α,β-unsaturated/α-hetero) is 1. The Bertz CT molecular complexity index is 376. The second-order valence-electron chi connectivity index (χ2n) is 3.95. The van der Waals surface area contributed by atoms with Gasteiger partial charge in [0, 0.05) is 13.1 Å². The summed E-state index contributed by atoms with van der Waals surface area (Å²) >= 11 is 0. The van der Waals surface area contributed by atoms with Gasteiger partial charge < -0.3 is 4.74 Å². The molecule has 0 aliphatic carbocycles. The molecule has 98 valence electrons. The Morgan fingerprint density at radius 2 is 1.82 bits per heavy atom. The number of carbonyl (C=O) groups excluding carboxylic acids is 2. The van der Waals surface area contributed by atoms with E-state index in [1.54, 1.807) is 11.8 Å². The smallest absolute Gasteiger partial charge is 0.313 e. The zero-order valence-corrected chi connectivity index (χ0v) is 10.7. The molecule has 0 spiro atoms. The summed E-state index contributed by atoms with van der Waals surface area (Å²) in [5.74, 6) is -0.593.